The van der Waals surface area contributed by atoms with Crippen LogP contribution in [0, 0.1) is 24.1 Å². The third kappa shape index (κ3) is 2.75. The third-order valence-electron chi connectivity index (χ3n) is 3.85. The zero-order valence-corrected chi connectivity index (χ0v) is 14.5. The maximum atomic E-state index is 13.1. The van der Waals surface area contributed by atoms with Crippen molar-refractivity contribution in [2.45, 2.75) is 6.92 Å². The fraction of sp³-hybridized carbons (Fsp3) is 0.118. The molecule has 0 N–H and O–H groups in total. The van der Waals surface area contributed by atoms with Crippen LogP contribution in [0.1, 0.15) is 17.0 Å². The Morgan fingerprint density at radius 1 is 1.33 bits per heavy atom. The van der Waals surface area contributed by atoms with Crippen molar-refractivity contribution in [1.82, 2.24) is 4.57 Å². The fourth-order valence-electron chi connectivity index (χ4n) is 2.40. The molecule has 0 unspecified atom stereocenters. The van der Waals surface area contributed by atoms with E-state index in [0.29, 0.717) is 20.6 Å². The number of thiocarbonyl (C=S) groups is 1. The highest BCUT2D eigenvalue weighted by atomic mass is 32.2. The number of carbonyl (C=O) groups excluding carboxylic acids is 1. The van der Waals surface area contributed by atoms with E-state index in [1.807, 2.05) is 6.92 Å². The standard InChI is InChI=1S/C17H12FN3OS2/c1-10-11(7-14(9-19)20(10)2)8-15-16(22)21(17(23)24-15)13-5-3-12(18)4-6-13/h3-8H,1-2H3/b15-8+. The van der Waals surface area contributed by atoms with Gasteiger partial charge in [0.05, 0.1) is 10.6 Å². The van der Waals surface area contributed by atoms with Gasteiger partial charge in [-0.3, -0.25) is 9.69 Å². The van der Waals surface area contributed by atoms with E-state index in [1.165, 1.54) is 40.9 Å². The molecule has 7 heteroatoms. The molecule has 0 spiro atoms. The van der Waals surface area contributed by atoms with Crippen molar-refractivity contribution in [3.8, 4) is 6.07 Å². The molecule has 1 aromatic heterocycles. The molecule has 3 rings (SSSR count). The molecule has 120 valence electrons. The number of amides is 1. The Hall–Kier alpha value is -2.43. The summed E-state index contributed by atoms with van der Waals surface area (Å²) in [6.07, 6.45) is 1.74. The first kappa shape index (κ1) is 16.4. The van der Waals surface area contributed by atoms with Gasteiger partial charge in [-0.05, 0) is 48.9 Å². The van der Waals surface area contributed by atoms with Crippen LogP contribution in [-0.2, 0) is 11.8 Å². The maximum absolute atomic E-state index is 13.1. The second kappa shape index (κ2) is 6.23. The summed E-state index contributed by atoms with van der Waals surface area (Å²) < 4.78 is 15.2. The molecule has 1 saturated heterocycles. The van der Waals surface area contributed by atoms with Gasteiger partial charge >= 0.3 is 0 Å². The number of nitriles is 1. The number of thioether (sulfide) groups is 1. The van der Waals surface area contributed by atoms with Crippen molar-refractivity contribution in [3.05, 3.63) is 58.0 Å². The molecule has 0 saturated carbocycles. The van der Waals surface area contributed by atoms with Crippen LogP contribution in [0.25, 0.3) is 6.08 Å². The zero-order chi connectivity index (χ0) is 17.4. The third-order valence-corrected chi connectivity index (χ3v) is 5.16. The lowest BCUT2D eigenvalue weighted by molar-refractivity contribution is -0.113. The highest BCUT2D eigenvalue weighted by Gasteiger charge is 2.33. The Kier molecular flexibility index (Phi) is 4.26. The number of rotatable bonds is 2. The topological polar surface area (TPSA) is 49.0 Å². The van der Waals surface area contributed by atoms with Gasteiger partial charge in [0, 0.05) is 12.7 Å². The summed E-state index contributed by atoms with van der Waals surface area (Å²) >= 11 is 6.48. The monoisotopic (exact) mass is 357 g/mol. The Morgan fingerprint density at radius 2 is 2.00 bits per heavy atom. The minimum atomic E-state index is -0.372. The molecule has 0 radical (unpaired) electrons. The van der Waals surface area contributed by atoms with E-state index >= 15 is 0 Å². The van der Waals surface area contributed by atoms with Gasteiger partial charge < -0.3 is 4.57 Å². The van der Waals surface area contributed by atoms with Gasteiger partial charge in [-0.15, -0.1) is 0 Å². The van der Waals surface area contributed by atoms with Crippen molar-refractivity contribution in [3.63, 3.8) is 0 Å². The van der Waals surface area contributed by atoms with E-state index in [1.54, 1.807) is 23.8 Å². The number of aromatic nitrogens is 1. The summed E-state index contributed by atoms with van der Waals surface area (Å²) in [5, 5.41) is 9.10. The van der Waals surface area contributed by atoms with Gasteiger partial charge in [0.25, 0.3) is 5.91 Å². The Bertz CT molecular complexity index is 923. The first-order valence-corrected chi connectivity index (χ1v) is 8.25. The molecule has 24 heavy (non-hydrogen) atoms. The van der Waals surface area contributed by atoms with Crippen molar-refractivity contribution < 1.29 is 9.18 Å². The lowest BCUT2D eigenvalue weighted by Crippen LogP contribution is -2.27. The SMILES string of the molecule is Cc1c(/C=C2/SC(=S)N(c3ccc(F)cc3)C2=O)cc(C#N)n1C. The number of carbonyl (C=O) groups is 1. The van der Waals surface area contributed by atoms with Crippen molar-refractivity contribution in [2.75, 3.05) is 4.90 Å². The average Bonchev–Trinajstić information content (AvgIpc) is 2.99. The molecule has 1 aromatic carbocycles. The van der Waals surface area contributed by atoms with E-state index in [4.69, 9.17) is 17.5 Å². The van der Waals surface area contributed by atoms with Crippen LogP contribution in [0.2, 0.25) is 0 Å². The molecular weight excluding hydrogens is 345 g/mol. The highest BCUT2D eigenvalue weighted by Crippen LogP contribution is 2.36. The summed E-state index contributed by atoms with van der Waals surface area (Å²) in [5.74, 6) is -0.623. The van der Waals surface area contributed by atoms with Gasteiger partial charge in [0.15, 0.2) is 4.32 Å². The molecule has 4 nitrogen and oxygen atoms in total. The second-order valence-electron chi connectivity index (χ2n) is 5.23. The van der Waals surface area contributed by atoms with Crippen molar-refractivity contribution >= 4 is 46.0 Å². The summed E-state index contributed by atoms with van der Waals surface area (Å²) in [6.45, 7) is 1.88. The van der Waals surface area contributed by atoms with Gasteiger partial charge in [-0.1, -0.05) is 24.0 Å². The van der Waals surface area contributed by atoms with Crippen molar-refractivity contribution in [2.24, 2.45) is 7.05 Å². The largest absolute Gasteiger partial charge is 0.339 e. The van der Waals surface area contributed by atoms with Crippen molar-refractivity contribution in [1.29, 1.82) is 5.26 Å². The van der Waals surface area contributed by atoms with Crippen LogP contribution in [-0.4, -0.2) is 14.8 Å². The number of halogens is 1. The fourth-order valence-corrected chi connectivity index (χ4v) is 3.69. The molecule has 2 aromatic rings. The zero-order valence-electron chi connectivity index (χ0n) is 12.9. The quantitative estimate of drug-likeness (QED) is 0.607. The minimum Gasteiger partial charge on any atom is -0.339 e. The molecule has 2 heterocycles. The molecule has 0 atom stereocenters. The first-order chi connectivity index (χ1) is 11.4. The molecule has 1 fully saturated rings. The Morgan fingerprint density at radius 3 is 2.58 bits per heavy atom. The number of hydrogen-bond acceptors (Lipinski definition) is 4. The Labute approximate surface area is 148 Å². The van der Waals surface area contributed by atoms with E-state index in [-0.39, 0.29) is 11.7 Å². The predicted molar refractivity (Wildman–Crippen MR) is 96.9 cm³/mol. The number of hydrogen-bond donors (Lipinski definition) is 0. The van der Waals surface area contributed by atoms with Crippen LogP contribution in [0.15, 0.2) is 35.2 Å². The number of anilines is 1. The second-order valence-corrected chi connectivity index (χ2v) is 6.91. The summed E-state index contributed by atoms with van der Waals surface area (Å²) in [6, 6.07) is 9.46. The summed E-state index contributed by atoms with van der Waals surface area (Å²) in [4.78, 5) is 14.5. The predicted octanol–water partition coefficient (Wildman–Crippen LogP) is 3.75. The van der Waals surface area contributed by atoms with Crippen LogP contribution < -0.4 is 4.90 Å². The van der Waals surface area contributed by atoms with E-state index in [2.05, 4.69) is 6.07 Å². The molecular formula is C17H12FN3OS2. The molecule has 0 bridgehead atoms. The molecule has 1 aliphatic heterocycles. The van der Waals surface area contributed by atoms with Gasteiger partial charge in [0.2, 0.25) is 0 Å². The molecule has 1 amide bonds. The first-order valence-electron chi connectivity index (χ1n) is 7.02. The number of nitrogens with zero attached hydrogens (tertiary/aromatic N) is 3. The Balaban J connectivity index is 1.97. The van der Waals surface area contributed by atoms with Crippen LogP contribution in [0.5, 0.6) is 0 Å². The van der Waals surface area contributed by atoms with Crippen LogP contribution in [0.3, 0.4) is 0 Å². The lowest BCUT2D eigenvalue weighted by Gasteiger charge is -2.14. The maximum Gasteiger partial charge on any atom is 0.270 e. The summed E-state index contributed by atoms with van der Waals surface area (Å²) in [5.41, 5.74) is 2.74. The summed E-state index contributed by atoms with van der Waals surface area (Å²) in [7, 11) is 1.80. The van der Waals surface area contributed by atoms with Gasteiger partial charge in [-0.2, -0.15) is 5.26 Å². The van der Waals surface area contributed by atoms with E-state index in [9.17, 15) is 9.18 Å². The van der Waals surface area contributed by atoms with E-state index < -0.39 is 0 Å². The van der Waals surface area contributed by atoms with Gasteiger partial charge in [0.1, 0.15) is 17.6 Å². The average molecular weight is 357 g/mol. The van der Waals surface area contributed by atoms with Crippen LogP contribution in [0.4, 0.5) is 10.1 Å². The molecule has 0 aliphatic carbocycles. The molecule has 1 aliphatic rings. The van der Waals surface area contributed by atoms with Gasteiger partial charge in [-0.25, -0.2) is 4.39 Å². The highest BCUT2D eigenvalue weighted by molar-refractivity contribution is 8.27. The normalized spacial score (nSPS) is 16.1. The minimum absolute atomic E-state index is 0.252. The number of benzene rings is 1. The van der Waals surface area contributed by atoms with E-state index in [0.717, 1.165) is 11.3 Å². The van der Waals surface area contributed by atoms with Crippen LogP contribution >= 0.6 is 24.0 Å². The smallest absolute Gasteiger partial charge is 0.270 e. The lowest BCUT2D eigenvalue weighted by atomic mass is 10.2.